The lowest BCUT2D eigenvalue weighted by Gasteiger charge is -2.30. The van der Waals surface area contributed by atoms with Gasteiger partial charge in [-0.15, -0.1) is 6.58 Å². The minimum atomic E-state index is 0.844. The van der Waals surface area contributed by atoms with Gasteiger partial charge in [-0.1, -0.05) is 24.3 Å². The summed E-state index contributed by atoms with van der Waals surface area (Å²) in [5.41, 5.74) is 3.55. The third-order valence-electron chi connectivity index (χ3n) is 3.81. The summed E-state index contributed by atoms with van der Waals surface area (Å²) in [5, 5.41) is 1.23. The molecule has 2 heteroatoms. The van der Waals surface area contributed by atoms with Crippen molar-refractivity contribution in [2.24, 2.45) is 0 Å². The molecule has 3 rings (SSSR count). The average molecular weight is 252 g/mol. The normalized spacial score (nSPS) is 15.7. The van der Waals surface area contributed by atoms with Crippen LogP contribution >= 0.6 is 0 Å². The first-order valence-corrected chi connectivity index (χ1v) is 7.13. The molecule has 0 amide bonds. The number of pyridine rings is 1. The highest BCUT2D eigenvalue weighted by Gasteiger charge is 2.15. The Morgan fingerprint density at radius 2 is 1.95 bits per heavy atom. The Bertz CT molecular complexity index is 583. The Kier molecular flexibility index (Phi) is 3.49. The summed E-state index contributed by atoms with van der Waals surface area (Å²) in [7, 11) is 0. The molecule has 2 heterocycles. The Labute approximate surface area is 114 Å². The van der Waals surface area contributed by atoms with Crippen molar-refractivity contribution < 1.29 is 0 Å². The van der Waals surface area contributed by atoms with Gasteiger partial charge in [-0.05, 0) is 31.4 Å². The van der Waals surface area contributed by atoms with Crippen molar-refractivity contribution in [3.63, 3.8) is 0 Å². The lowest BCUT2D eigenvalue weighted by Crippen LogP contribution is -2.30. The van der Waals surface area contributed by atoms with E-state index in [-0.39, 0.29) is 0 Å². The third-order valence-corrected chi connectivity index (χ3v) is 3.81. The number of benzene rings is 1. The monoisotopic (exact) mass is 252 g/mol. The van der Waals surface area contributed by atoms with E-state index < -0.39 is 0 Å². The summed E-state index contributed by atoms with van der Waals surface area (Å²) in [5.74, 6) is 0. The Balaban J connectivity index is 2.08. The van der Waals surface area contributed by atoms with Gasteiger partial charge in [0.1, 0.15) is 0 Å². The molecule has 1 aliphatic rings. The van der Waals surface area contributed by atoms with Gasteiger partial charge in [-0.25, -0.2) is 0 Å². The van der Waals surface area contributed by atoms with E-state index in [1.54, 1.807) is 0 Å². The molecule has 0 aliphatic carbocycles. The van der Waals surface area contributed by atoms with Gasteiger partial charge in [-0.2, -0.15) is 0 Å². The van der Waals surface area contributed by atoms with Crippen LogP contribution in [0.5, 0.6) is 0 Å². The highest BCUT2D eigenvalue weighted by Crippen LogP contribution is 2.27. The van der Waals surface area contributed by atoms with Gasteiger partial charge in [-0.3, -0.25) is 4.98 Å². The van der Waals surface area contributed by atoms with E-state index in [2.05, 4.69) is 35.7 Å². The molecule has 98 valence electrons. The quantitative estimate of drug-likeness (QED) is 0.769. The van der Waals surface area contributed by atoms with Crippen molar-refractivity contribution in [1.29, 1.82) is 0 Å². The molecule has 0 spiro atoms. The smallest absolute Gasteiger partial charge is 0.0707 e. The zero-order valence-corrected chi connectivity index (χ0v) is 11.3. The lowest BCUT2D eigenvalue weighted by atomic mass is 10.1. The number of nitrogens with zero attached hydrogens (tertiary/aromatic N) is 2. The van der Waals surface area contributed by atoms with Crippen LogP contribution in [0.1, 0.15) is 25.0 Å². The highest BCUT2D eigenvalue weighted by atomic mass is 15.1. The van der Waals surface area contributed by atoms with Crippen LogP contribution in [0, 0.1) is 0 Å². The number of para-hydroxylation sites is 1. The predicted octanol–water partition coefficient (Wildman–Crippen LogP) is 3.95. The van der Waals surface area contributed by atoms with Crippen LogP contribution in [-0.4, -0.2) is 18.1 Å². The van der Waals surface area contributed by atoms with Gasteiger partial charge < -0.3 is 4.90 Å². The molecule has 1 aromatic carbocycles. The zero-order valence-electron chi connectivity index (χ0n) is 11.3. The van der Waals surface area contributed by atoms with E-state index in [1.165, 1.54) is 30.3 Å². The molecule has 0 N–H and O–H groups in total. The minimum absolute atomic E-state index is 0.844. The second kappa shape index (κ2) is 5.43. The van der Waals surface area contributed by atoms with Gasteiger partial charge in [0.2, 0.25) is 0 Å². The predicted molar refractivity (Wildman–Crippen MR) is 81.7 cm³/mol. The van der Waals surface area contributed by atoms with Crippen LogP contribution < -0.4 is 4.90 Å². The number of hydrogen-bond donors (Lipinski definition) is 0. The van der Waals surface area contributed by atoms with Gasteiger partial charge >= 0.3 is 0 Å². The number of aromatic nitrogens is 1. The average Bonchev–Trinajstić information content (AvgIpc) is 2.48. The van der Waals surface area contributed by atoms with Crippen molar-refractivity contribution in [2.75, 3.05) is 18.0 Å². The van der Waals surface area contributed by atoms with Crippen molar-refractivity contribution in [1.82, 2.24) is 4.98 Å². The van der Waals surface area contributed by atoms with Crippen molar-refractivity contribution in [3.05, 3.63) is 48.7 Å². The standard InChI is InChI=1S/C17H20N2/c1-2-8-16-17(19-11-6-3-7-12-19)13-14-9-4-5-10-15(14)18-16/h2,4-5,9-10,13H,1,3,6-8,11-12H2. The number of anilines is 1. The summed E-state index contributed by atoms with van der Waals surface area (Å²) in [6.45, 7) is 6.18. The number of fused-ring (bicyclic) bond motifs is 1. The summed E-state index contributed by atoms with van der Waals surface area (Å²) in [6.07, 6.45) is 6.73. The molecule has 1 saturated heterocycles. The summed E-state index contributed by atoms with van der Waals surface area (Å²) >= 11 is 0. The van der Waals surface area contributed by atoms with Gasteiger partial charge in [0.05, 0.1) is 16.9 Å². The first-order chi connectivity index (χ1) is 9.38. The van der Waals surface area contributed by atoms with E-state index >= 15 is 0 Å². The molecule has 0 radical (unpaired) electrons. The van der Waals surface area contributed by atoms with E-state index in [1.807, 2.05) is 12.1 Å². The van der Waals surface area contributed by atoms with Crippen LogP contribution in [0.25, 0.3) is 10.9 Å². The third kappa shape index (κ3) is 2.48. The summed E-state index contributed by atoms with van der Waals surface area (Å²) < 4.78 is 0. The molecule has 1 aliphatic heterocycles. The van der Waals surface area contributed by atoms with E-state index in [9.17, 15) is 0 Å². The largest absolute Gasteiger partial charge is 0.370 e. The highest BCUT2D eigenvalue weighted by molar-refractivity contribution is 5.83. The van der Waals surface area contributed by atoms with E-state index in [4.69, 9.17) is 4.98 Å². The molecule has 0 unspecified atom stereocenters. The number of rotatable bonds is 3. The molecular weight excluding hydrogens is 232 g/mol. The van der Waals surface area contributed by atoms with Gasteiger partial charge in [0, 0.05) is 24.9 Å². The molecule has 1 aromatic heterocycles. The van der Waals surface area contributed by atoms with Crippen LogP contribution in [0.3, 0.4) is 0 Å². The lowest BCUT2D eigenvalue weighted by molar-refractivity contribution is 0.576. The second-order valence-electron chi connectivity index (χ2n) is 5.19. The molecule has 19 heavy (non-hydrogen) atoms. The SMILES string of the molecule is C=CCc1nc2ccccc2cc1N1CCCCC1. The summed E-state index contributed by atoms with van der Waals surface area (Å²) in [4.78, 5) is 7.32. The fourth-order valence-electron chi connectivity index (χ4n) is 2.84. The Morgan fingerprint density at radius 3 is 2.74 bits per heavy atom. The van der Waals surface area contributed by atoms with Gasteiger partial charge in [0.25, 0.3) is 0 Å². The molecule has 0 bridgehead atoms. The number of hydrogen-bond acceptors (Lipinski definition) is 2. The Morgan fingerprint density at radius 1 is 1.16 bits per heavy atom. The van der Waals surface area contributed by atoms with E-state index in [0.717, 1.165) is 30.7 Å². The van der Waals surface area contributed by atoms with Crippen molar-refractivity contribution >= 4 is 16.6 Å². The molecule has 2 nitrogen and oxygen atoms in total. The van der Waals surface area contributed by atoms with Crippen LogP contribution in [0.4, 0.5) is 5.69 Å². The minimum Gasteiger partial charge on any atom is -0.370 e. The van der Waals surface area contributed by atoms with Crippen molar-refractivity contribution in [3.8, 4) is 0 Å². The number of piperidine rings is 1. The maximum Gasteiger partial charge on any atom is 0.0707 e. The maximum atomic E-state index is 4.83. The topological polar surface area (TPSA) is 16.1 Å². The Hall–Kier alpha value is -1.83. The fraction of sp³-hybridized carbons (Fsp3) is 0.353. The molecule has 0 saturated carbocycles. The molecule has 0 atom stereocenters. The molecule has 2 aromatic rings. The van der Waals surface area contributed by atoms with Crippen LogP contribution in [-0.2, 0) is 6.42 Å². The second-order valence-corrected chi connectivity index (χ2v) is 5.19. The van der Waals surface area contributed by atoms with Crippen LogP contribution in [0.15, 0.2) is 43.0 Å². The fourth-order valence-corrected chi connectivity index (χ4v) is 2.84. The van der Waals surface area contributed by atoms with Gasteiger partial charge in [0.15, 0.2) is 0 Å². The van der Waals surface area contributed by atoms with Crippen molar-refractivity contribution in [2.45, 2.75) is 25.7 Å². The molecule has 1 fully saturated rings. The zero-order chi connectivity index (χ0) is 13.1. The first-order valence-electron chi connectivity index (χ1n) is 7.13. The summed E-state index contributed by atoms with van der Waals surface area (Å²) in [6, 6.07) is 10.7. The van der Waals surface area contributed by atoms with Crippen LogP contribution in [0.2, 0.25) is 0 Å². The number of allylic oxidation sites excluding steroid dienone is 1. The first kappa shape index (κ1) is 12.2. The maximum absolute atomic E-state index is 4.83. The molecular formula is C17H20N2. The van der Waals surface area contributed by atoms with E-state index in [0.29, 0.717) is 0 Å².